The monoisotopic (exact) mass is 179 g/mol. The molecule has 0 aliphatic carbocycles. The number of furan rings is 1. The Morgan fingerprint density at radius 3 is 3.15 bits per heavy atom. The largest absolute Gasteiger partial charge is 0.455 e. The molecule has 0 radical (unpaired) electrons. The van der Waals surface area contributed by atoms with Gasteiger partial charge in [-0.1, -0.05) is 0 Å². The number of carbonyl (C=O) groups excluding carboxylic acids is 1. The van der Waals surface area contributed by atoms with Crippen molar-refractivity contribution in [1.82, 2.24) is 9.97 Å². The van der Waals surface area contributed by atoms with Crippen molar-refractivity contribution in [1.29, 1.82) is 0 Å². The summed E-state index contributed by atoms with van der Waals surface area (Å²) in [6.45, 7) is 0.294. The summed E-state index contributed by atoms with van der Waals surface area (Å²) in [6.07, 6.45) is 2.52. The molecule has 2 aromatic rings. The van der Waals surface area contributed by atoms with Gasteiger partial charge in [-0.25, -0.2) is 9.97 Å². The minimum atomic E-state index is 0.214. The molecule has 2 rings (SSSR count). The third-order valence-electron chi connectivity index (χ3n) is 1.52. The average molecular weight is 179 g/mol. The Hall–Kier alpha value is -2.11. The number of ether oxygens (including phenoxy) is 1. The van der Waals surface area contributed by atoms with Crippen LogP contribution in [0.1, 0.15) is 0 Å². The Morgan fingerprint density at radius 2 is 2.38 bits per heavy atom. The standard InChI is InChI=1S/C7H5N3O3/c8-7-6-5(9-2-10-7)4(1-12-6)13-3-11/h1-3H,(H2,8,9,10). The van der Waals surface area contributed by atoms with Crippen molar-refractivity contribution in [2.75, 3.05) is 5.73 Å². The van der Waals surface area contributed by atoms with Crippen molar-refractivity contribution < 1.29 is 13.9 Å². The number of rotatable bonds is 2. The van der Waals surface area contributed by atoms with Gasteiger partial charge in [-0.15, -0.1) is 0 Å². The molecular weight excluding hydrogens is 174 g/mol. The molecule has 0 aliphatic rings. The van der Waals surface area contributed by atoms with Gasteiger partial charge in [0.05, 0.1) is 0 Å². The minimum absolute atomic E-state index is 0.214. The fourth-order valence-electron chi connectivity index (χ4n) is 0.983. The van der Waals surface area contributed by atoms with E-state index in [-0.39, 0.29) is 11.6 Å². The average Bonchev–Trinajstić information content (AvgIpc) is 2.51. The van der Waals surface area contributed by atoms with Crippen molar-refractivity contribution in [3.05, 3.63) is 12.6 Å². The minimum Gasteiger partial charge on any atom is -0.455 e. The molecule has 66 valence electrons. The summed E-state index contributed by atoms with van der Waals surface area (Å²) in [5, 5.41) is 0. The number of nitrogens with two attached hydrogens (primary N) is 1. The number of nitrogen functional groups attached to an aromatic ring is 1. The molecule has 0 bridgehead atoms. The van der Waals surface area contributed by atoms with Crippen LogP contribution in [-0.2, 0) is 4.79 Å². The van der Waals surface area contributed by atoms with E-state index in [0.717, 1.165) is 0 Å². The van der Waals surface area contributed by atoms with Gasteiger partial charge in [-0.2, -0.15) is 0 Å². The highest BCUT2D eigenvalue weighted by molar-refractivity contribution is 5.87. The van der Waals surface area contributed by atoms with Crippen LogP contribution in [0, 0.1) is 0 Å². The Morgan fingerprint density at radius 1 is 1.54 bits per heavy atom. The fraction of sp³-hybridized carbons (Fsp3) is 0. The lowest BCUT2D eigenvalue weighted by atomic mass is 10.4. The molecule has 0 saturated heterocycles. The lowest BCUT2D eigenvalue weighted by molar-refractivity contribution is -0.120. The van der Waals surface area contributed by atoms with E-state index in [2.05, 4.69) is 14.7 Å². The van der Waals surface area contributed by atoms with Gasteiger partial charge in [0, 0.05) is 0 Å². The maximum atomic E-state index is 10.1. The molecule has 0 atom stereocenters. The summed E-state index contributed by atoms with van der Waals surface area (Å²) in [7, 11) is 0. The maximum absolute atomic E-state index is 10.1. The normalized spacial score (nSPS) is 10.2. The smallest absolute Gasteiger partial charge is 0.298 e. The molecule has 2 aromatic heterocycles. The zero-order valence-electron chi connectivity index (χ0n) is 6.43. The highest BCUT2D eigenvalue weighted by atomic mass is 16.5. The molecule has 0 aromatic carbocycles. The second-order valence-corrected chi connectivity index (χ2v) is 2.25. The number of hydrogen-bond acceptors (Lipinski definition) is 6. The molecule has 0 spiro atoms. The number of hydrogen-bond donors (Lipinski definition) is 1. The first-order valence-electron chi connectivity index (χ1n) is 3.41. The van der Waals surface area contributed by atoms with E-state index < -0.39 is 0 Å². The molecule has 2 heterocycles. The Labute approximate surface area is 72.3 Å². The van der Waals surface area contributed by atoms with E-state index in [4.69, 9.17) is 10.2 Å². The Bertz CT molecular complexity index is 451. The van der Waals surface area contributed by atoms with Crippen molar-refractivity contribution in [2.45, 2.75) is 0 Å². The number of carbonyl (C=O) groups is 1. The SMILES string of the molecule is Nc1ncnc2c(OC=O)coc12. The van der Waals surface area contributed by atoms with Crippen LogP contribution in [0.2, 0.25) is 0 Å². The van der Waals surface area contributed by atoms with Gasteiger partial charge < -0.3 is 14.9 Å². The number of fused-ring (bicyclic) bond motifs is 1. The second-order valence-electron chi connectivity index (χ2n) is 2.25. The van der Waals surface area contributed by atoms with Crippen LogP contribution in [0.25, 0.3) is 11.1 Å². The number of aromatic nitrogens is 2. The van der Waals surface area contributed by atoms with Crippen LogP contribution in [0.4, 0.5) is 5.82 Å². The second kappa shape index (κ2) is 2.74. The molecule has 13 heavy (non-hydrogen) atoms. The number of anilines is 1. The lowest BCUT2D eigenvalue weighted by Crippen LogP contribution is -1.92. The quantitative estimate of drug-likeness (QED) is 0.668. The highest BCUT2D eigenvalue weighted by Gasteiger charge is 2.10. The fourth-order valence-corrected chi connectivity index (χ4v) is 0.983. The van der Waals surface area contributed by atoms with E-state index >= 15 is 0 Å². The van der Waals surface area contributed by atoms with Crippen LogP contribution < -0.4 is 10.5 Å². The van der Waals surface area contributed by atoms with Gasteiger partial charge in [0.2, 0.25) is 0 Å². The van der Waals surface area contributed by atoms with Gasteiger partial charge in [-0.3, -0.25) is 4.79 Å². The van der Waals surface area contributed by atoms with Crippen molar-refractivity contribution in [3.8, 4) is 5.75 Å². The first-order valence-corrected chi connectivity index (χ1v) is 3.41. The molecule has 2 N–H and O–H groups in total. The molecular formula is C7H5N3O3. The maximum Gasteiger partial charge on any atom is 0.298 e. The predicted octanol–water partition coefficient (Wildman–Crippen LogP) is 0.340. The van der Waals surface area contributed by atoms with Gasteiger partial charge in [0.1, 0.15) is 12.6 Å². The third-order valence-corrected chi connectivity index (χ3v) is 1.52. The molecule has 6 nitrogen and oxygen atoms in total. The zero-order chi connectivity index (χ0) is 9.26. The highest BCUT2D eigenvalue weighted by Crippen LogP contribution is 2.27. The third kappa shape index (κ3) is 1.08. The van der Waals surface area contributed by atoms with Gasteiger partial charge in [0.15, 0.2) is 22.7 Å². The zero-order valence-corrected chi connectivity index (χ0v) is 6.43. The van der Waals surface area contributed by atoms with Crippen LogP contribution in [0.15, 0.2) is 17.0 Å². The molecule has 0 saturated carbocycles. The topological polar surface area (TPSA) is 91.2 Å². The van der Waals surface area contributed by atoms with Gasteiger partial charge in [-0.05, 0) is 0 Å². The summed E-state index contributed by atoms with van der Waals surface area (Å²) in [5.74, 6) is 0.449. The molecule has 6 heteroatoms. The van der Waals surface area contributed by atoms with E-state index in [9.17, 15) is 4.79 Å². The predicted molar refractivity (Wildman–Crippen MR) is 42.9 cm³/mol. The summed E-state index contributed by atoms with van der Waals surface area (Å²) >= 11 is 0. The van der Waals surface area contributed by atoms with Crippen LogP contribution in [0.3, 0.4) is 0 Å². The van der Waals surface area contributed by atoms with Gasteiger partial charge in [0.25, 0.3) is 6.47 Å². The van der Waals surface area contributed by atoms with Crippen LogP contribution >= 0.6 is 0 Å². The van der Waals surface area contributed by atoms with Crippen molar-refractivity contribution in [3.63, 3.8) is 0 Å². The first-order chi connectivity index (χ1) is 6.33. The Balaban J connectivity index is 2.67. The summed E-state index contributed by atoms with van der Waals surface area (Å²) in [6, 6.07) is 0. The first kappa shape index (κ1) is 7.53. The molecule has 0 amide bonds. The van der Waals surface area contributed by atoms with E-state index in [1.807, 2.05) is 0 Å². The molecule has 0 unspecified atom stereocenters. The van der Waals surface area contributed by atoms with Crippen molar-refractivity contribution in [2.24, 2.45) is 0 Å². The van der Waals surface area contributed by atoms with Crippen LogP contribution in [0.5, 0.6) is 5.75 Å². The number of nitrogens with zero attached hydrogens (tertiary/aromatic N) is 2. The Kier molecular flexibility index (Phi) is 1.59. The van der Waals surface area contributed by atoms with E-state index in [1.165, 1.54) is 12.6 Å². The summed E-state index contributed by atoms with van der Waals surface area (Å²) in [4.78, 5) is 17.6. The van der Waals surface area contributed by atoms with Gasteiger partial charge >= 0.3 is 0 Å². The van der Waals surface area contributed by atoms with Crippen molar-refractivity contribution >= 4 is 23.4 Å². The summed E-state index contributed by atoms with van der Waals surface area (Å²) < 4.78 is 9.59. The summed E-state index contributed by atoms with van der Waals surface area (Å²) in [5.41, 5.74) is 6.18. The molecule has 0 fully saturated rings. The van der Waals surface area contributed by atoms with E-state index in [1.54, 1.807) is 0 Å². The van der Waals surface area contributed by atoms with E-state index in [0.29, 0.717) is 17.6 Å². The molecule has 0 aliphatic heterocycles. The lowest BCUT2D eigenvalue weighted by Gasteiger charge is -1.92. The van der Waals surface area contributed by atoms with Crippen LogP contribution in [-0.4, -0.2) is 16.4 Å².